The number of carbonyl (C=O) groups is 2. The number of carboxylic acids is 1. The van der Waals surface area contributed by atoms with Gasteiger partial charge in [0.2, 0.25) is 0 Å². The highest BCUT2D eigenvalue weighted by Crippen LogP contribution is 2.44. The molecule has 1 amide bonds. The number of halogens is 3. The van der Waals surface area contributed by atoms with Crippen molar-refractivity contribution >= 4 is 12.1 Å². The summed E-state index contributed by atoms with van der Waals surface area (Å²) < 4.78 is 44.7. The topological polar surface area (TPSA) is 116 Å². The van der Waals surface area contributed by atoms with Crippen molar-refractivity contribution in [1.82, 2.24) is 5.32 Å². The van der Waals surface area contributed by atoms with Crippen molar-refractivity contribution in [2.75, 3.05) is 13.2 Å². The van der Waals surface area contributed by atoms with Gasteiger partial charge in [0.1, 0.15) is 18.8 Å². The third-order valence-corrected chi connectivity index (χ3v) is 6.03. The van der Waals surface area contributed by atoms with Crippen LogP contribution in [0.5, 0.6) is 0 Å². The molecule has 36 heavy (non-hydrogen) atoms. The lowest BCUT2D eigenvalue weighted by molar-refractivity contribution is -0.137. The van der Waals surface area contributed by atoms with Crippen LogP contribution in [0.25, 0.3) is 11.1 Å². The number of rotatable bonds is 7. The summed E-state index contributed by atoms with van der Waals surface area (Å²) in [7, 11) is 0. The van der Waals surface area contributed by atoms with Gasteiger partial charge >= 0.3 is 18.2 Å². The van der Waals surface area contributed by atoms with Gasteiger partial charge in [0, 0.05) is 12.5 Å². The number of alkyl halides is 3. The lowest BCUT2D eigenvalue weighted by Gasteiger charge is -2.21. The molecule has 1 aliphatic carbocycles. The maximum Gasteiger partial charge on any atom is 0.416 e. The molecule has 7 nitrogen and oxygen atoms in total. The van der Waals surface area contributed by atoms with Crippen molar-refractivity contribution in [3.8, 4) is 11.1 Å². The first-order valence-electron chi connectivity index (χ1n) is 11.0. The van der Waals surface area contributed by atoms with Crippen LogP contribution < -0.4 is 5.32 Å². The number of aliphatic hydroxyl groups is 2. The highest BCUT2D eigenvalue weighted by atomic mass is 19.4. The molecule has 0 saturated carbocycles. The van der Waals surface area contributed by atoms with Gasteiger partial charge in [-0.3, -0.25) is 0 Å². The smallest absolute Gasteiger partial charge is 0.416 e. The van der Waals surface area contributed by atoms with Gasteiger partial charge in [0.05, 0.1) is 11.1 Å². The molecule has 0 aromatic heterocycles. The molecule has 1 aliphatic rings. The van der Waals surface area contributed by atoms with Gasteiger partial charge in [-0.15, -0.1) is 0 Å². The summed E-state index contributed by atoms with van der Waals surface area (Å²) in [5, 5.41) is 31.9. The molecule has 0 fully saturated rings. The summed E-state index contributed by atoms with van der Waals surface area (Å²) >= 11 is 0. The highest BCUT2D eigenvalue weighted by molar-refractivity contribution is 5.88. The summed E-state index contributed by atoms with van der Waals surface area (Å²) in [6.45, 7) is -0.537. The van der Waals surface area contributed by atoms with Gasteiger partial charge in [-0.25, -0.2) is 9.59 Å². The average Bonchev–Trinajstić information content (AvgIpc) is 3.18. The molecule has 0 spiro atoms. The molecule has 4 N–H and O–H groups in total. The number of amides is 1. The maximum absolute atomic E-state index is 13.1. The second-order valence-electron chi connectivity index (χ2n) is 8.37. The van der Waals surface area contributed by atoms with Crippen LogP contribution in [-0.2, 0) is 10.9 Å². The number of hydrogen-bond acceptors (Lipinski definition) is 5. The Bertz CT molecular complexity index is 1250. The van der Waals surface area contributed by atoms with Crippen LogP contribution >= 0.6 is 0 Å². The number of benzene rings is 3. The molecule has 2 atom stereocenters. The fraction of sp³-hybridized carbons (Fsp3) is 0.231. The van der Waals surface area contributed by atoms with E-state index in [-0.39, 0.29) is 12.5 Å². The van der Waals surface area contributed by atoms with Gasteiger partial charge in [0.25, 0.3) is 0 Å². The van der Waals surface area contributed by atoms with Gasteiger partial charge in [-0.2, -0.15) is 13.2 Å². The van der Waals surface area contributed by atoms with Crippen LogP contribution in [0.2, 0.25) is 0 Å². The summed E-state index contributed by atoms with van der Waals surface area (Å²) in [6, 6.07) is 17.3. The molecule has 0 aliphatic heterocycles. The molecule has 3 aromatic carbocycles. The number of ether oxygens (including phenoxy) is 1. The lowest BCUT2D eigenvalue weighted by atomic mass is 9.98. The molecule has 0 radical (unpaired) electrons. The molecule has 188 valence electrons. The highest BCUT2D eigenvalue weighted by Gasteiger charge is 2.33. The van der Waals surface area contributed by atoms with E-state index < -0.39 is 53.7 Å². The van der Waals surface area contributed by atoms with E-state index in [1.54, 1.807) is 0 Å². The quantitative estimate of drug-likeness (QED) is 0.383. The van der Waals surface area contributed by atoms with Crippen LogP contribution in [0.3, 0.4) is 0 Å². The van der Waals surface area contributed by atoms with Crippen molar-refractivity contribution in [2.45, 2.75) is 24.3 Å². The fourth-order valence-corrected chi connectivity index (χ4v) is 4.28. The Balaban J connectivity index is 1.38. The second kappa shape index (κ2) is 10.00. The van der Waals surface area contributed by atoms with Crippen molar-refractivity contribution in [1.29, 1.82) is 0 Å². The number of carbonyl (C=O) groups excluding carboxylic acids is 1. The Morgan fingerprint density at radius 2 is 1.53 bits per heavy atom. The van der Waals surface area contributed by atoms with Crippen LogP contribution in [0.4, 0.5) is 18.0 Å². The minimum absolute atomic E-state index is 0.00804. The Morgan fingerprint density at radius 1 is 0.944 bits per heavy atom. The predicted octanol–water partition coefficient (Wildman–Crippen LogP) is 4.34. The van der Waals surface area contributed by atoms with E-state index in [1.807, 2.05) is 48.5 Å². The molecular weight excluding hydrogens is 479 g/mol. The van der Waals surface area contributed by atoms with Gasteiger partial charge < -0.3 is 25.4 Å². The van der Waals surface area contributed by atoms with E-state index in [0.717, 1.165) is 28.3 Å². The number of aliphatic hydroxyl groups excluding tert-OH is 2. The molecule has 10 heteroatoms. The molecule has 0 saturated heterocycles. The Kier molecular flexibility index (Phi) is 7.00. The van der Waals surface area contributed by atoms with Crippen LogP contribution in [-0.4, -0.2) is 46.6 Å². The average molecular weight is 501 g/mol. The Morgan fingerprint density at radius 3 is 2.08 bits per heavy atom. The number of hydrogen-bond donors (Lipinski definition) is 4. The molecular formula is C26H22F3NO6. The van der Waals surface area contributed by atoms with Gasteiger partial charge in [0.15, 0.2) is 0 Å². The number of alkyl carbamates (subject to hydrolysis) is 1. The van der Waals surface area contributed by atoms with E-state index >= 15 is 0 Å². The first-order valence-corrected chi connectivity index (χ1v) is 11.0. The van der Waals surface area contributed by atoms with Crippen molar-refractivity contribution in [3.05, 3.63) is 94.5 Å². The van der Waals surface area contributed by atoms with E-state index in [1.165, 1.54) is 0 Å². The third kappa shape index (κ3) is 5.19. The zero-order valence-corrected chi connectivity index (χ0v) is 18.7. The largest absolute Gasteiger partial charge is 0.478 e. The molecule has 0 heterocycles. The summed E-state index contributed by atoms with van der Waals surface area (Å²) in [5.74, 6) is -1.82. The number of aromatic carboxylic acids is 1. The Hall–Kier alpha value is -3.89. The van der Waals surface area contributed by atoms with Crippen molar-refractivity contribution in [2.24, 2.45) is 0 Å². The normalized spacial score (nSPS) is 14.5. The number of carboxylic acid groups (broad SMARTS) is 1. The van der Waals surface area contributed by atoms with E-state index in [0.29, 0.717) is 12.1 Å². The molecule has 0 bridgehead atoms. The zero-order chi connectivity index (χ0) is 26.0. The zero-order valence-electron chi connectivity index (χ0n) is 18.7. The summed E-state index contributed by atoms with van der Waals surface area (Å²) in [6.07, 6.45) is -9.36. The predicted molar refractivity (Wildman–Crippen MR) is 122 cm³/mol. The van der Waals surface area contributed by atoms with Crippen LogP contribution in [0.1, 0.15) is 44.6 Å². The summed E-state index contributed by atoms with van der Waals surface area (Å²) in [4.78, 5) is 23.5. The first kappa shape index (κ1) is 25.2. The number of nitrogens with one attached hydrogen (secondary N) is 1. The number of fused-ring (bicyclic) bond motifs is 3. The molecule has 4 rings (SSSR count). The fourth-order valence-electron chi connectivity index (χ4n) is 4.28. The van der Waals surface area contributed by atoms with Crippen LogP contribution in [0.15, 0.2) is 66.7 Å². The monoisotopic (exact) mass is 501 g/mol. The Labute approximate surface area is 203 Å². The van der Waals surface area contributed by atoms with E-state index in [4.69, 9.17) is 9.84 Å². The van der Waals surface area contributed by atoms with Crippen molar-refractivity contribution < 1.29 is 42.8 Å². The lowest BCUT2D eigenvalue weighted by Crippen LogP contribution is -2.36. The van der Waals surface area contributed by atoms with Crippen molar-refractivity contribution in [3.63, 3.8) is 0 Å². The van der Waals surface area contributed by atoms with Gasteiger partial charge in [-0.05, 0) is 46.0 Å². The minimum Gasteiger partial charge on any atom is -0.478 e. The second-order valence-corrected chi connectivity index (χ2v) is 8.37. The standard InChI is InChI=1S/C26H22F3NO6/c27-26(28,29)16-10-14(9-15(11-16)24(33)34)23(32)22(31)12-30-25(35)36-13-21-19-7-3-1-5-17(19)18-6-2-4-8-20(18)21/h1-11,21-23,31-32H,12-13H2,(H,30,35)(H,33,34). The van der Waals surface area contributed by atoms with E-state index in [9.17, 15) is 33.0 Å². The molecule has 3 aromatic rings. The van der Waals surface area contributed by atoms with Crippen LogP contribution in [0, 0.1) is 0 Å². The molecule has 2 unspecified atom stereocenters. The van der Waals surface area contributed by atoms with E-state index in [2.05, 4.69) is 5.32 Å². The summed E-state index contributed by atoms with van der Waals surface area (Å²) in [5.41, 5.74) is 1.65. The van der Waals surface area contributed by atoms with Gasteiger partial charge in [-0.1, -0.05) is 48.5 Å². The first-order chi connectivity index (χ1) is 17.1. The SMILES string of the molecule is O=C(NCC(O)C(O)c1cc(C(=O)O)cc(C(F)(F)F)c1)OCC1c2ccccc2-c2ccccc21. The third-order valence-electron chi connectivity index (χ3n) is 6.03. The maximum atomic E-state index is 13.1. The minimum atomic E-state index is -4.86.